The third-order valence-electron chi connectivity index (χ3n) is 5.53. The fraction of sp³-hybridized carbons (Fsp3) is 0.348. The normalized spacial score (nSPS) is 16.2. The van der Waals surface area contributed by atoms with E-state index in [1.165, 1.54) is 22.4 Å². The number of hydrogen-bond donors (Lipinski definition) is 1. The van der Waals surface area contributed by atoms with Crippen molar-refractivity contribution in [3.63, 3.8) is 0 Å². The van der Waals surface area contributed by atoms with Gasteiger partial charge in [0.05, 0.1) is 23.3 Å². The van der Waals surface area contributed by atoms with Crippen LogP contribution in [0.2, 0.25) is 0 Å². The standard InChI is InChI=1S/C23H26N4OS/c1-15-9-10-21-19(11-15)12-22(29-21)23(28)25-24-13-20-16(2)26-27(17(20)3)14-18-7-5-4-6-8-18/h4-8,12-13,15H,9-11,14H2,1-3H3,(H,25,28)/b24-13-/t15-/m1/s1. The monoisotopic (exact) mass is 406 g/mol. The van der Waals surface area contributed by atoms with Gasteiger partial charge in [0.2, 0.25) is 0 Å². The molecule has 1 aliphatic carbocycles. The molecule has 1 aliphatic rings. The Morgan fingerprint density at radius 2 is 2.14 bits per heavy atom. The van der Waals surface area contributed by atoms with E-state index in [1.54, 1.807) is 17.6 Å². The average molecular weight is 407 g/mol. The van der Waals surface area contributed by atoms with Crippen molar-refractivity contribution in [3.8, 4) is 0 Å². The van der Waals surface area contributed by atoms with E-state index in [9.17, 15) is 4.79 Å². The summed E-state index contributed by atoms with van der Waals surface area (Å²) in [5.74, 6) is 0.560. The van der Waals surface area contributed by atoms with Crippen LogP contribution in [0.1, 0.15) is 56.0 Å². The number of amides is 1. The van der Waals surface area contributed by atoms with E-state index in [2.05, 4.69) is 34.7 Å². The molecule has 0 unspecified atom stereocenters. The quantitative estimate of drug-likeness (QED) is 0.501. The van der Waals surface area contributed by atoms with E-state index >= 15 is 0 Å². The smallest absolute Gasteiger partial charge is 0.266 e. The zero-order valence-corrected chi connectivity index (χ0v) is 17.9. The van der Waals surface area contributed by atoms with Crippen molar-refractivity contribution in [1.29, 1.82) is 0 Å². The largest absolute Gasteiger partial charge is 0.281 e. The molecule has 150 valence electrons. The first-order valence-corrected chi connectivity index (χ1v) is 10.9. The number of aromatic nitrogens is 2. The molecule has 29 heavy (non-hydrogen) atoms. The first kappa shape index (κ1) is 19.6. The molecule has 1 aromatic carbocycles. The highest BCUT2D eigenvalue weighted by Crippen LogP contribution is 2.32. The summed E-state index contributed by atoms with van der Waals surface area (Å²) >= 11 is 1.60. The van der Waals surface area contributed by atoms with Crippen LogP contribution in [0.3, 0.4) is 0 Å². The van der Waals surface area contributed by atoms with Crippen LogP contribution in [0, 0.1) is 19.8 Å². The fourth-order valence-electron chi connectivity index (χ4n) is 3.84. The Morgan fingerprint density at radius 3 is 2.93 bits per heavy atom. The highest BCUT2D eigenvalue weighted by molar-refractivity contribution is 7.14. The van der Waals surface area contributed by atoms with Crippen molar-refractivity contribution >= 4 is 23.5 Å². The zero-order chi connectivity index (χ0) is 20.4. The van der Waals surface area contributed by atoms with E-state index in [0.717, 1.165) is 34.7 Å². The molecule has 3 aromatic rings. The second-order valence-corrected chi connectivity index (χ2v) is 8.97. The van der Waals surface area contributed by atoms with Crippen LogP contribution in [-0.2, 0) is 19.4 Å². The molecule has 0 fully saturated rings. The Kier molecular flexibility index (Phi) is 5.62. The number of carbonyl (C=O) groups excluding carboxylic acids is 1. The van der Waals surface area contributed by atoms with Gasteiger partial charge in [-0.2, -0.15) is 10.2 Å². The molecule has 1 amide bonds. The molecule has 1 atom stereocenters. The maximum absolute atomic E-state index is 12.5. The van der Waals surface area contributed by atoms with Crippen molar-refractivity contribution < 1.29 is 4.79 Å². The Hall–Kier alpha value is -2.73. The van der Waals surface area contributed by atoms with Gasteiger partial charge in [0.1, 0.15) is 0 Å². The molecule has 0 bridgehead atoms. The summed E-state index contributed by atoms with van der Waals surface area (Å²) in [7, 11) is 0. The molecule has 2 heterocycles. The number of hydrazone groups is 1. The first-order chi connectivity index (χ1) is 14.0. The Bertz CT molecular complexity index is 1050. The lowest BCUT2D eigenvalue weighted by molar-refractivity contribution is 0.0959. The maximum Gasteiger partial charge on any atom is 0.281 e. The van der Waals surface area contributed by atoms with Crippen molar-refractivity contribution in [3.05, 3.63) is 74.2 Å². The van der Waals surface area contributed by atoms with Gasteiger partial charge in [-0.05, 0) is 56.2 Å². The Balaban J connectivity index is 1.44. The summed E-state index contributed by atoms with van der Waals surface area (Å²) in [4.78, 5) is 14.6. The highest BCUT2D eigenvalue weighted by Gasteiger charge is 2.20. The van der Waals surface area contributed by atoms with Crippen LogP contribution >= 0.6 is 11.3 Å². The van der Waals surface area contributed by atoms with E-state index < -0.39 is 0 Å². The van der Waals surface area contributed by atoms with Gasteiger partial charge in [-0.15, -0.1) is 11.3 Å². The SMILES string of the molecule is Cc1nn(Cc2ccccc2)c(C)c1/C=N\NC(=O)c1cc2c(s1)CC[C@@H](C)C2. The van der Waals surface area contributed by atoms with E-state index in [4.69, 9.17) is 0 Å². The third kappa shape index (κ3) is 4.32. The first-order valence-electron chi connectivity index (χ1n) is 10.0. The van der Waals surface area contributed by atoms with E-state index in [-0.39, 0.29) is 5.91 Å². The third-order valence-corrected chi connectivity index (χ3v) is 6.76. The van der Waals surface area contributed by atoms with Crippen molar-refractivity contribution in [2.45, 2.75) is 46.6 Å². The highest BCUT2D eigenvalue weighted by atomic mass is 32.1. The molecule has 2 aromatic heterocycles. The predicted molar refractivity (Wildman–Crippen MR) is 118 cm³/mol. The summed E-state index contributed by atoms with van der Waals surface area (Å²) in [6, 6.07) is 12.3. The molecule has 6 heteroatoms. The molecule has 0 spiro atoms. The molecule has 0 radical (unpaired) electrons. The number of benzene rings is 1. The van der Waals surface area contributed by atoms with Gasteiger partial charge in [-0.3, -0.25) is 9.48 Å². The van der Waals surface area contributed by atoms with Gasteiger partial charge in [-0.1, -0.05) is 37.3 Å². The van der Waals surface area contributed by atoms with Gasteiger partial charge in [0.15, 0.2) is 0 Å². The lowest BCUT2D eigenvalue weighted by atomic mass is 9.90. The van der Waals surface area contributed by atoms with E-state index in [1.807, 2.05) is 42.8 Å². The van der Waals surface area contributed by atoms with Gasteiger partial charge in [0, 0.05) is 16.1 Å². The number of carbonyl (C=O) groups is 1. The second kappa shape index (κ2) is 8.33. The summed E-state index contributed by atoms with van der Waals surface area (Å²) in [5.41, 5.74) is 8.09. The number of thiophene rings is 1. The van der Waals surface area contributed by atoms with Crippen LogP contribution in [0.4, 0.5) is 0 Å². The topological polar surface area (TPSA) is 59.3 Å². The van der Waals surface area contributed by atoms with Gasteiger partial charge >= 0.3 is 0 Å². The number of nitrogens with zero attached hydrogens (tertiary/aromatic N) is 3. The van der Waals surface area contributed by atoms with Crippen LogP contribution in [-0.4, -0.2) is 21.9 Å². The molecule has 1 N–H and O–H groups in total. The van der Waals surface area contributed by atoms with Crippen LogP contribution < -0.4 is 5.43 Å². The number of rotatable bonds is 5. The molecule has 5 nitrogen and oxygen atoms in total. The molecular weight excluding hydrogens is 380 g/mol. The fourth-order valence-corrected chi connectivity index (χ4v) is 4.93. The minimum absolute atomic E-state index is 0.139. The predicted octanol–water partition coefficient (Wildman–Crippen LogP) is 4.50. The van der Waals surface area contributed by atoms with E-state index in [0.29, 0.717) is 12.5 Å². The molecule has 0 aliphatic heterocycles. The van der Waals surface area contributed by atoms with Crippen molar-refractivity contribution in [2.24, 2.45) is 11.0 Å². The van der Waals surface area contributed by atoms with Crippen LogP contribution in [0.25, 0.3) is 0 Å². The van der Waals surface area contributed by atoms with Crippen LogP contribution in [0.15, 0.2) is 41.5 Å². The average Bonchev–Trinajstić information content (AvgIpc) is 3.24. The Morgan fingerprint density at radius 1 is 1.34 bits per heavy atom. The molecule has 4 rings (SSSR count). The lowest BCUT2D eigenvalue weighted by Crippen LogP contribution is -2.16. The molecular formula is C23H26N4OS. The van der Waals surface area contributed by atoms with Gasteiger partial charge < -0.3 is 0 Å². The van der Waals surface area contributed by atoms with Crippen LogP contribution in [0.5, 0.6) is 0 Å². The molecule has 0 saturated heterocycles. The molecule has 0 saturated carbocycles. The number of nitrogens with one attached hydrogen (secondary N) is 1. The second-order valence-electron chi connectivity index (χ2n) is 7.83. The minimum Gasteiger partial charge on any atom is -0.266 e. The number of aryl methyl sites for hydroxylation is 2. The summed E-state index contributed by atoms with van der Waals surface area (Å²) in [6.07, 6.45) is 5.06. The Labute approximate surface area is 175 Å². The van der Waals surface area contributed by atoms with Crippen molar-refractivity contribution in [2.75, 3.05) is 0 Å². The van der Waals surface area contributed by atoms with Gasteiger partial charge in [-0.25, -0.2) is 5.43 Å². The number of hydrogen-bond acceptors (Lipinski definition) is 4. The lowest BCUT2D eigenvalue weighted by Gasteiger charge is -2.16. The summed E-state index contributed by atoms with van der Waals surface area (Å²) < 4.78 is 1.97. The summed E-state index contributed by atoms with van der Waals surface area (Å²) in [5, 5.41) is 8.84. The maximum atomic E-state index is 12.5. The number of fused-ring (bicyclic) bond motifs is 1. The summed E-state index contributed by atoms with van der Waals surface area (Å²) in [6.45, 7) is 6.98. The van der Waals surface area contributed by atoms with Crippen molar-refractivity contribution in [1.82, 2.24) is 15.2 Å². The zero-order valence-electron chi connectivity index (χ0n) is 17.1. The minimum atomic E-state index is -0.139. The van der Waals surface area contributed by atoms with Gasteiger partial charge in [0.25, 0.3) is 5.91 Å².